The van der Waals surface area contributed by atoms with Gasteiger partial charge in [0.05, 0.1) is 24.1 Å². The van der Waals surface area contributed by atoms with E-state index in [1.807, 2.05) is 13.0 Å². The molecule has 1 aromatic heterocycles. The maximum atomic E-state index is 11.9. The van der Waals surface area contributed by atoms with Gasteiger partial charge >= 0.3 is 0 Å². The van der Waals surface area contributed by atoms with E-state index in [0.717, 1.165) is 17.8 Å². The summed E-state index contributed by atoms with van der Waals surface area (Å²) in [4.78, 5) is 29.3. The van der Waals surface area contributed by atoms with Crippen LogP contribution in [0.1, 0.15) is 6.92 Å². The van der Waals surface area contributed by atoms with Crippen molar-refractivity contribution in [1.29, 1.82) is 0 Å². The van der Waals surface area contributed by atoms with Crippen molar-refractivity contribution in [3.8, 4) is 11.6 Å². The highest BCUT2D eigenvalue weighted by Gasteiger charge is 2.09. The van der Waals surface area contributed by atoms with Crippen LogP contribution in [0.5, 0.6) is 11.6 Å². The number of amides is 1. The van der Waals surface area contributed by atoms with Crippen LogP contribution >= 0.6 is 11.8 Å². The molecule has 0 unspecified atom stereocenters. The normalized spacial score (nSPS) is 10.2. The van der Waals surface area contributed by atoms with Gasteiger partial charge in [0.15, 0.2) is 5.16 Å². The van der Waals surface area contributed by atoms with Crippen LogP contribution in [0.2, 0.25) is 0 Å². The smallest absolute Gasteiger partial charge is 0.255 e. The summed E-state index contributed by atoms with van der Waals surface area (Å²) in [5.41, 5.74) is 0.101. The first-order chi connectivity index (χ1) is 10.6. The molecule has 22 heavy (non-hydrogen) atoms. The lowest BCUT2D eigenvalue weighted by Crippen LogP contribution is -2.16. The summed E-state index contributed by atoms with van der Waals surface area (Å²) in [6.45, 7) is 2.36. The zero-order valence-electron chi connectivity index (χ0n) is 11.8. The Morgan fingerprint density at radius 1 is 1.45 bits per heavy atom. The fourth-order valence-electron chi connectivity index (χ4n) is 1.66. The van der Waals surface area contributed by atoms with E-state index in [9.17, 15) is 14.7 Å². The topological polar surface area (TPSA) is 104 Å². The summed E-state index contributed by atoms with van der Waals surface area (Å²) in [5.74, 6) is -0.0314. The highest BCUT2D eigenvalue weighted by molar-refractivity contribution is 7.99. The van der Waals surface area contributed by atoms with E-state index in [1.165, 1.54) is 0 Å². The van der Waals surface area contributed by atoms with E-state index in [1.54, 1.807) is 18.2 Å². The first-order valence-electron chi connectivity index (χ1n) is 6.53. The summed E-state index contributed by atoms with van der Waals surface area (Å²) in [7, 11) is 0. The lowest BCUT2D eigenvalue weighted by atomic mass is 10.3. The second-order valence-corrected chi connectivity index (χ2v) is 5.14. The molecule has 3 N–H and O–H groups in total. The lowest BCUT2D eigenvalue weighted by molar-refractivity contribution is -0.113. The van der Waals surface area contributed by atoms with Crippen LogP contribution in [0.3, 0.4) is 0 Å². The van der Waals surface area contributed by atoms with Crippen molar-refractivity contribution in [3.63, 3.8) is 0 Å². The average molecular weight is 321 g/mol. The van der Waals surface area contributed by atoms with Crippen molar-refractivity contribution < 1.29 is 14.6 Å². The number of aromatic amines is 1. The molecule has 116 valence electrons. The first kappa shape index (κ1) is 15.9. The van der Waals surface area contributed by atoms with E-state index < -0.39 is 5.56 Å². The molecule has 0 fully saturated rings. The number of benzene rings is 1. The molecule has 2 rings (SSSR count). The maximum absolute atomic E-state index is 11.9. The van der Waals surface area contributed by atoms with Gasteiger partial charge in [-0.05, 0) is 19.1 Å². The van der Waals surface area contributed by atoms with Gasteiger partial charge in [-0.25, -0.2) is 0 Å². The van der Waals surface area contributed by atoms with E-state index in [0.29, 0.717) is 18.0 Å². The Hall–Kier alpha value is -2.48. The Labute approximate surface area is 130 Å². The van der Waals surface area contributed by atoms with Gasteiger partial charge in [-0.2, -0.15) is 4.98 Å². The molecule has 0 bridgehead atoms. The SMILES string of the molecule is CCOc1ccccc1NC(=O)CSc1nc(O)cc(=O)[nH]1. The quantitative estimate of drug-likeness (QED) is 0.551. The molecular weight excluding hydrogens is 306 g/mol. The minimum atomic E-state index is -0.475. The van der Waals surface area contributed by atoms with Gasteiger partial charge in [-0.15, -0.1) is 0 Å². The minimum Gasteiger partial charge on any atom is -0.493 e. The summed E-state index contributed by atoms with van der Waals surface area (Å²) in [6.07, 6.45) is 0. The van der Waals surface area contributed by atoms with Crippen molar-refractivity contribution in [1.82, 2.24) is 9.97 Å². The number of ether oxygens (including phenoxy) is 1. The predicted molar refractivity (Wildman–Crippen MR) is 83.5 cm³/mol. The first-order valence-corrected chi connectivity index (χ1v) is 7.52. The van der Waals surface area contributed by atoms with Gasteiger partial charge in [0.1, 0.15) is 5.75 Å². The predicted octanol–water partition coefficient (Wildman–Crippen LogP) is 1.60. The van der Waals surface area contributed by atoms with Crippen LogP contribution in [0, 0.1) is 0 Å². The molecule has 1 amide bonds. The number of aromatic hydroxyl groups is 1. The monoisotopic (exact) mass is 321 g/mol. The molecule has 0 aliphatic heterocycles. The van der Waals surface area contributed by atoms with E-state index in [2.05, 4.69) is 15.3 Å². The molecule has 0 aliphatic carbocycles. The molecule has 0 saturated carbocycles. The van der Waals surface area contributed by atoms with E-state index in [4.69, 9.17) is 4.74 Å². The third-order valence-electron chi connectivity index (χ3n) is 2.51. The Morgan fingerprint density at radius 2 is 2.23 bits per heavy atom. The second kappa shape index (κ2) is 7.51. The van der Waals surface area contributed by atoms with Gasteiger partial charge in [-0.1, -0.05) is 23.9 Å². The van der Waals surface area contributed by atoms with E-state index >= 15 is 0 Å². The van der Waals surface area contributed by atoms with Crippen LogP contribution < -0.4 is 15.6 Å². The highest BCUT2D eigenvalue weighted by Crippen LogP contribution is 2.24. The van der Waals surface area contributed by atoms with Gasteiger partial charge in [0.2, 0.25) is 11.8 Å². The zero-order valence-corrected chi connectivity index (χ0v) is 12.6. The summed E-state index contributed by atoms with van der Waals surface area (Å²) < 4.78 is 5.42. The third kappa shape index (κ3) is 4.52. The maximum Gasteiger partial charge on any atom is 0.255 e. The fourth-order valence-corrected chi connectivity index (χ4v) is 2.33. The Bertz CT molecular complexity index is 717. The fraction of sp³-hybridized carbons (Fsp3) is 0.214. The number of carbonyl (C=O) groups is 1. The lowest BCUT2D eigenvalue weighted by Gasteiger charge is -2.10. The summed E-state index contributed by atoms with van der Waals surface area (Å²) >= 11 is 1.02. The number of para-hydroxylation sites is 2. The number of nitrogens with zero attached hydrogens (tertiary/aromatic N) is 1. The summed E-state index contributed by atoms with van der Waals surface area (Å²) in [6, 6.07) is 8.07. The van der Waals surface area contributed by atoms with Crippen LogP contribution in [0.25, 0.3) is 0 Å². The number of aromatic nitrogens is 2. The van der Waals surface area contributed by atoms with Crippen molar-refractivity contribution in [2.75, 3.05) is 17.7 Å². The number of nitrogens with one attached hydrogen (secondary N) is 2. The average Bonchev–Trinajstić information content (AvgIpc) is 2.46. The summed E-state index contributed by atoms with van der Waals surface area (Å²) in [5, 5.41) is 12.1. The molecule has 8 heteroatoms. The second-order valence-electron chi connectivity index (χ2n) is 4.17. The van der Waals surface area contributed by atoms with Crippen LogP contribution in [-0.4, -0.2) is 33.3 Å². The molecular formula is C14H15N3O4S. The number of hydrogen-bond acceptors (Lipinski definition) is 6. The molecule has 0 atom stereocenters. The Kier molecular flexibility index (Phi) is 5.42. The zero-order chi connectivity index (χ0) is 15.9. The van der Waals surface area contributed by atoms with Crippen molar-refractivity contribution in [3.05, 3.63) is 40.7 Å². The molecule has 7 nitrogen and oxygen atoms in total. The van der Waals surface area contributed by atoms with Crippen molar-refractivity contribution in [2.45, 2.75) is 12.1 Å². The number of carbonyl (C=O) groups excluding carboxylic acids is 1. The number of H-pyrrole nitrogens is 1. The largest absolute Gasteiger partial charge is 0.493 e. The Balaban J connectivity index is 1.97. The Morgan fingerprint density at radius 3 is 2.95 bits per heavy atom. The molecule has 0 spiro atoms. The van der Waals surface area contributed by atoms with Gasteiger partial charge < -0.3 is 20.1 Å². The molecule has 0 radical (unpaired) electrons. The molecule has 1 aromatic carbocycles. The van der Waals surface area contributed by atoms with Crippen molar-refractivity contribution in [2.24, 2.45) is 0 Å². The molecule has 0 aliphatic rings. The van der Waals surface area contributed by atoms with Gasteiger partial charge in [-0.3, -0.25) is 9.59 Å². The van der Waals surface area contributed by atoms with Crippen LogP contribution in [0.4, 0.5) is 5.69 Å². The minimum absolute atomic E-state index is 0.0346. The van der Waals surface area contributed by atoms with Crippen LogP contribution in [0.15, 0.2) is 40.3 Å². The standard InChI is InChI=1S/C14H15N3O4S/c1-2-21-10-6-4-3-5-9(10)15-13(20)8-22-14-16-11(18)7-12(19)17-14/h3-7H,2,8H2,1H3,(H,15,20)(H2,16,17,18,19). The number of rotatable bonds is 6. The highest BCUT2D eigenvalue weighted by atomic mass is 32.2. The van der Waals surface area contributed by atoms with Gasteiger partial charge in [0, 0.05) is 0 Å². The van der Waals surface area contributed by atoms with Gasteiger partial charge in [0.25, 0.3) is 5.56 Å². The van der Waals surface area contributed by atoms with Crippen LogP contribution in [-0.2, 0) is 4.79 Å². The molecule has 1 heterocycles. The third-order valence-corrected chi connectivity index (χ3v) is 3.38. The molecule has 2 aromatic rings. The number of hydrogen-bond donors (Lipinski definition) is 3. The number of anilines is 1. The van der Waals surface area contributed by atoms with Crippen molar-refractivity contribution >= 4 is 23.4 Å². The molecule has 0 saturated heterocycles. The van der Waals surface area contributed by atoms with E-state index in [-0.39, 0.29) is 22.7 Å². The number of thioether (sulfide) groups is 1.